The molecular formula is C16H13N2O2S. The minimum atomic E-state index is 1.46. The predicted molar refractivity (Wildman–Crippen MR) is 80.3 cm³/mol. The Labute approximate surface area is 127 Å². The molecule has 0 bridgehead atoms. The second-order valence-corrected chi connectivity index (χ2v) is 3.85. The summed E-state index contributed by atoms with van der Waals surface area (Å²) >= 11 is 1.59. The maximum Gasteiger partial charge on any atom is 0.283 e. The van der Waals surface area contributed by atoms with Crippen molar-refractivity contribution in [2.45, 2.75) is 0 Å². The number of nitrogens with zero attached hydrogens (tertiary/aromatic N) is 2. The maximum absolute atomic E-state index is 4.46. The second kappa shape index (κ2) is 13.8. The van der Waals surface area contributed by atoms with Crippen LogP contribution in [0.15, 0.2) is 87.8 Å². The second-order valence-electron chi connectivity index (χ2n) is 3.11. The Morgan fingerprint density at radius 3 is 1.90 bits per heavy atom. The third kappa shape index (κ3) is 12.1. The van der Waals surface area contributed by atoms with E-state index < -0.39 is 0 Å². The van der Waals surface area contributed by atoms with E-state index in [-0.39, 0.29) is 0 Å². The Hall–Kier alpha value is -2.66. The fourth-order valence-electron chi connectivity index (χ4n) is 0.858. The van der Waals surface area contributed by atoms with Crippen LogP contribution in [0.5, 0.6) is 0 Å². The van der Waals surface area contributed by atoms with Crippen LogP contribution in [-0.4, -0.2) is 9.97 Å². The van der Waals surface area contributed by atoms with E-state index in [2.05, 4.69) is 36.8 Å². The van der Waals surface area contributed by atoms with Crippen LogP contribution < -0.4 is 0 Å². The Kier molecular flexibility index (Phi) is 10.7. The van der Waals surface area contributed by atoms with Crippen molar-refractivity contribution in [1.82, 2.24) is 9.97 Å². The quantitative estimate of drug-likeness (QED) is 0.488. The Morgan fingerprint density at radius 1 is 0.810 bits per heavy atom. The molecule has 21 heavy (non-hydrogen) atoms. The van der Waals surface area contributed by atoms with Gasteiger partial charge in [-0.15, -0.1) is 11.3 Å². The van der Waals surface area contributed by atoms with Crippen LogP contribution in [0.2, 0.25) is 0 Å². The number of hydrogen-bond donors (Lipinski definition) is 0. The SMILES string of the molecule is [c]1ccco1.[c]1cccs1.[c]1ncco1.c1ccncc1. The molecule has 105 valence electrons. The van der Waals surface area contributed by atoms with Crippen LogP contribution in [0.4, 0.5) is 0 Å². The lowest BCUT2D eigenvalue weighted by molar-refractivity contribution is 0.548. The first kappa shape index (κ1) is 16.4. The van der Waals surface area contributed by atoms with Gasteiger partial charge in [-0.3, -0.25) is 4.98 Å². The molecule has 0 aliphatic rings. The zero-order chi connectivity index (χ0) is 14.8. The highest BCUT2D eigenvalue weighted by atomic mass is 32.1. The fraction of sp³-hybridized carbons (Fsp3) is 0. The number of hydrogen-bond acceptors (Lipinski definition) is 5. The van der Waals surface area contributed by atoms with E-state index in [0.29, 0.717) is 0 Å². The molecule has 4 rings (SSSR count). The minimum Gasteiger partial charge on any atom is -0.461 e. The number of rotatable bonds is 0. The van der Waals surface area contributed by atoms with Crippen molar-refractivity contribution in [1.29, 1.82) is 0 Å². The van der Waals surface area contributed by atoms with Gasteiger partial charge in [-0.25, -0.2) is 4.98 Å². The summed E-state index contributed by atoms with van der Waals surface area (Å²) in [6.07, 6.45) is 12.8. The van der Waals surface area contributed by atoms with Crippen LogP contribution in [0.25, 0.3) is 0 Å². The van der Waals surface area contributed by atoms with Gasteiger partial charge >= 0.3 is 0 Å². The van der Waals surface area contributed by atoms with Gasteiger partial charge in [0.25, 0.3) is 6.39 Å². The van der Waals surface area contributed by atoms with Crippen molar-refractivity contribution in [2.24, 2.45) is 0 Å². The third-order valence-corrected chi connectivity index (χ3v) is 2.20. The molecular weight excluding hydrogens is 284 g/mol. The standard InChI is InChI=1S/C5H5N.C4H3O.C4H3S.C3H2NO/c1-2-4-6-5-3-1;2*1-2-4-5-3-1;1-2-5-3-4-1/h1-5H;2*1-3H;1-2H. The molecule has 0 amide bonds. The summed E-state index contributed by atoms with van der Waals surface area (Å²) in [7, 11) is 0. The van der Waals surface area contributed by atoms with Crippen LogP contribution in [0, 0.1) is 18.0 Å². The van der Waals surface area contributed by atoms with Crippen molar-refractivity contribution in [3.63, 3.8) is 0 Å². The van der Waals surface area contributed by atoms with Gasteiger partial charge in [0.1, 0.15) is 6.26 Å². The molecule has 0 aliphatic carbocycles. The molecule has 0 fully saturated rings. The summed E-state index contributed by atoms with van der Waals surface area (Å²) in [5, 5.41) is 4.89. The first-order chi connectivity index (χ1) is 10.5. The first-order valence-electron chi connectivity index (χ1n) is 5.90. The molecule has 3 radical (unpaired) electrons. The van der Waals surface area contributed by atoms with Crippen molar-refractivity contribution in [3.05, 3.63) is 97.0 Å². The molecule has 0 unspecified atom stereocenters. The topological polar surface area (TPSA) is 52.1 Å². The van der Waals surface area contributed by atoms with E-state index in [9.17, 15) is 0 Å². The highest BCUT2D eigenvalue weighted by Crippen LogP contribution is 1.90. The average Bonchev–Trinajstić information content (AvgIpc) is 3.38. The van der Waals surface area contributed by atoms with Crippen LogP contribution in [-0.2, 0) is 0 Å². The van der Waals surface area contributed by atoms with Gasteiger partial charge < -0.3 is 8.83 Å². The van der Waals surface area contributed by atoms with Gasteiger partial charge in [-0.1, -0.05) is 12.1 Å². The van der Waals surface area contributed by atoms with E-state index >= 15 is 0 Å². The molecule has 0 saturated carbocycles. The van der Waals surface area contributed by atoms with Crippen molar-refractivity contribution in [2.75, 3.05) is 0 Å². The minimum absolute atomic E-state index is 1.46. The molecule has 5 heteroatoms. The zero-order valence-corrected chi connectivity index (χ0v) is 11.9. The monoisotopic (exact) mass is 297 g/mol. The van der Waals surface area contributed by atoms with E-state index in [1.54, 1.807) is 42.1 Å². The van der Waals surface area contributed by atoms with Gasteiger partial charge in [0.05, 0.1) is 12.5 Å². The normalized spacial score (nSPS) is 8.00. The summed E-state index contributed by atoms with van der Waals surface area (Å²) < 4.78 is 8.81. The maximum atomic E-state index is 4.46. The lowest BCUT2D eigenvalue weighted by Crippen LogP contribution is -1.58. The van der Waals surface area contributed by atoms with Gasteiger partial charge in [0, 0.05) is 17.8 Å². The predicted octanol–water partition coefficient (Wildman–Crippen LogP) is 4.18. The molecule has 4 nitrogen and oxygen atoms in total. The summed E-state index contributed by atoms with van der Waals surface area (Å²) in [5.41, 5.74) is 0. The number of aromatic nitrogens is 2. The molecule has 0 atom stereocenters. The molecule has 0 aliphatic heterocycles. The van der Waals surface area contributed by atoms with Crippen molar-refractivity contribution in [3.8, 4) is 0 Å². The van der Waals surface area contributed by atoms with Crippen LogP contribution in [0.3, 0.4) is 0 Å². The molecule has 0 saturated heterocycles. The van der Waals surface area contributed by atoms with E-state index in [1.165, 1.54) is 12.5 Å². The highest BCUT2D eigenvalue weighted by Gasteiger charge is 1.62. The van der Waals surface area contributed by atoms with Gasteiger partial charge in [0.15, 0.2) is 6.26 Å². The average molecular weight is 297 g/mol. The lowest BCUT2D eigenvalue weighted by atomic mass is 10.5. The van der Waals surface area contributed by atoms with E-state index in [0.717, 1.165) is 0 Å². The molecule has 0 spiro atoms. The third-order valence-electron chi connectivity index (χ3n) is 1.63. The summed E-state index contributed by atoms with van der Waals surface area (Å²) in [4.78, 5) is 7.22. The van der Waals surface area contributed by atoms with Crippen molar-refractivity contribution < 1.29 is 8.83 Å². The van der Waals surface area contributed by atoms with E-state index in [1.807, 2.05) is 35.7 Å². The van der Waals surface area contributed by atoms with E-state index in [4.69, 9.17) is 0 Å². The first-order valence-corrected chi connectivity index (χ1v) is 6.77. The Bertz CT molecular complexity index is 423. The Morgan fingerprint density at radius 2 is 1.71 bits per heavy atom. The molecule has 4 heterocycles. The molecule has 0 aromatic carbocycles. The summed E-state index contributed by atoms with van der Waals surface area (Å²) in [6, 6.07) is 13.1. The van der Waals surface area contributed by atoms with Crippen LogP contribution in [0.1, 0.15) is 0 Å². The lowest BCUT2D eigenvalue weighted by Gasteiger charge is -1.70. The molecule has 4 aromatic heterocycles. The van der Waals surface area contributed by atoms with Crippen molar-refractivity contribution >= 4 is 11.3 Å². The highest BCUT2D eigenvalue weighted by molar-refractivity contribution is 7.07. The molecule has 4 aromatic rings. The van der Waals surface area contributed by atoms with Gasteiger partial charge in [0.2, 0.25) is 0 Å². The number of pyridine rings is 1. The van der Waals surface area contributed by atoms with Gasteiger partial charge in [-0.2, -0.15) is 0 Å². The largest absolute Gasteiger partial charge is 0.461 e. The summed E-state index contributed by atoms with van der Waals surface area (Å²) in [5.74, 6) is 0. The smallest absolute Gasteiger partial charge is 0.283 e. The number of oxazole rings is 1. The molecule has 0 N–H and O–H groups in total. The fourth-order valence-corrected chi connectivity index (χ4v) is 1.25. The number of thiophene rings is 1. The summed E-state index contributed by atoms with van der Waals surface area (Å²) in [6.45, 7) is 0. The van der Waals surface area contributed by atoms with Gasteiger partial charge in [-0.05, 0) is 35.7 Å². The van der Waals surface area contributed by atoms with Crippen LogP contribution >= 0.6 is 11.3 Å². The zero-order valence-electron chi connectivity index (χ0n) is 11.1. The Balaban J connectivity index is 0.000000140. The number of furan rings is 1.